The average molecular weight is 839 g/mol. The number of thiophene rings is 2. The van der Waals surface area contributed by atoms with E-state index in [1.807, 2.05) is 59.1 Å². The fourth-order valence-corrected chi connectivity index (χ4v) is 11.5. The van der Waals surface area contributed by atoms with Crippen molar-refractivity contribution in [1.82, 2.24) is 19.5 Å². The van der Waals surface area contributed by atoms with Gasteiger partial charge in [0, 0.05) is 73.5 Å². The largest absolute Gasteiger partial charge is 0.309 e. The molecule has 4 nitrogen and oxygen atoms in total. The first-order valence-electron chi connectivity index (χ1n) is 21.1. The lowest BCUT2D eigenvalue weighted by molar-refractivity contribution is 1.08. The van der Waals surface area contributed by atoms with Crippen LogP contribution in [0.5, 0.6) is 0 Å². The summed E-state index contributed by atoms with van der Waals surface area (Å²) >= 11 is 3.67. The summed E-state index contributed by atoms with van der Waals surface area (Å²) in [6, 6.07) is 74.0. The summed E-state index contributed by atoms with van der Waals surface area (Å²) in [7, 11) is 0. The molecule has 6 heteroatoms. The summed E-state index contributed by atoms with van der Waals surface area (Å²) in [6.45, 7) is 0. The molecule has 63 heavy (non-hydrogen) atoms. The van der Waals surface area contributed by atoms with Gasteiger partial charge in [0.2, 0.25) is 0 Å². The van der Waals surface area contributed by atoms with E-state index in [0.717, 1.165) is 33.3 Å². The number of nitrogens with zero attached hydrogens (tertiary/aromatic N) is 4. The molecule has 0 saturated carbocycles. The number of hydrogen-bond donors (Lipinski definition) is 0. The molecule has 0 unspecified atom stereocenters. The van der Waals surface area contributed by atoms with E-state index >= 15 is 0 Å². The highest BCUT2D eigenvalue weighted by molar-refractivity contribution is 7.26. The quantitative estimate of drug-likeness (QED) is 0.168. The molecule has 4 aromatic heterocycles. The van der Waals surface area contributed by atoms with E-state index in [2.05, 4.69) is 174 Å². The lowest BCUT2D eigenvalue weighted by Gasteiger charge is -2.10. The van der Waals surface area contributed by atoms with Crippen LogP contribution in [0.2, 0.25) is 0 Å². The highest BCUT2D eigenvalue weighted by Gasteiger charge is 2.19. The predicted molar refractivity (Wildman–Crippen MR) is 267 cm³/mol. The number of para-hydroxylation sites is 1. The predicted octanol–water partition coefficient (Wildman–Crippen LogP) is 16.0. The van der Waals surface area contributed by atoms with Gasteiger partial charge in [-0.05, 0) is 95.1 Å². The van der Waals surface area contributed by atoms with Crippen molar-refractivity contribution < 1.29 is 0 Å². The van der Waals surface area contributed by atoms with Gasteiger partial charge in [0.15, 0.2) is 17.5 Å². The molecule has 294 valence electrons. The summed E-state index contributed by atoms with van der Waals surface area (Å²) in [5.41, 5.74) is 11.2. The summed E-state index contributed by atoms with van der Waals surface area (Å²) < 4.78 is 7.46. The Morgan fingerprint density at radius 1 is 0.302 bits per heavy atom. The van der Waals surface area contributed by atoms with Crippen LogP contribution in [0, 0.1) is 0 Å². The van der Waals surface area contributed by atoms with Gasteiger partial charge >= 0.3 is 0 Å². The van der Waals surface area contributed by atoms with E-state index in [0.29, 0.717) is 17.5 Å². The lowest BCUT2D eigenvalue weighted by atomic mass is 9.98. The molecular formula is C57H34N4S2. The van der Waals surface area contributed by atoms with Crippen LogP contribution in [0.1, 0.15) is 0 Å². The van der Waals surface area contributed by atoms with Gasteiger partial charge in [-0.15, -0.1) is 22.7 Å². The van der Waals surface area contributed by atoms with Crippen molar-refractivity contribution >= 4 is 84.8 Å². The highest BCUT2D eigenvalue weighted by Crippen LogP contribution is 2.43. The van der Waals surface area contributed by atoms with Crippen LogP contribution in [0.15, 0.2) is 206 Å². The normalized spacial score (nSPS) is 11.8. The highest BCUT2D eigenvalue weighted by atomic mass is 32.1. The van der Waals surface area contributed by atoms with Crippen molar-refractivity contribution in [2.45, 2.75) is 0 Å². The van der Waals surface area contributed by atoms with E-state index in [4.69, 9.17) is 15.0 Å². The Balaban J connectivity index is 0.984. The Hall–Kier alpha value is -7.77. The van der Waals surface area contributed by atoms with Gasteiger partial charge in [-0.3, -0.25) is 0 Å². The Labute approximate surface area is 370 Å². The molecule has 0 atom stereocenters. The van der Waals surface area contributed by atoms with Crippen molar-refractivity contribution in [3.63, 3.8) is 0 Å². The molecule has 9 aromatic carbocycles. The van der Waals surface area contributed by atoms with Crippen molar-refractivity contribution in [1.29, 1.82) is 0 Å². The topological polar surface area (TPSA) is 43.6 Å². The van der Waals surface area contributed by atoms with Gasteiger partial charge in [-0.2, -0.15) is 0 Å². The maximum absolute atomic E-state index is 5.14. The molecule has 0 spiro atoms. The zero-order chi connectivity index (χ0) is 41.4. The molecular weight excluding hydrogens is 805 g/mol. The van der Waals surface area contributed by atoms with Gasteiger partial charge in [-0.1, -0.05) is 133 Å². The first-order chi connectivity index (χ1) is 31.2. The second kappa shape index (κ2) is 14.4. The smallest absolute Gasteiger partial charge is 0.164 e. The second-order valence-corrected chi connectivity index (χ2v) is 18.1. The number of hydrogen-bond acceptors (Lipinski definition) is 5. The molecule has 13 aromatic rings. The molecule has 0 aliphatic heterocycles. The SMILES string of the molecule is c1ccc(-c2nc(-c3ccccc3)nc(-c3cccc4sc5ccc(-c6ccc7c(c6)c6cc(-c8ccc9sc%10ccccc%10c9c8)ccc6n7-c6ccccc6)cc5c34)n2)cc1. The Morgan fingerprint density at radius 3 is 1.40 bits per heavy atom. The minimum atomic E-state index is 0.656. The maximum atomic E-state index is 5.14. The second-order valence-electron chi connectivity index (χ2n) is 16.0. The number of benzene rings is 9. The number of rotatable bonds is 6. The monoisotopic (exact) mass is 838 g/mol. The minimum absolute atomic E-state index is 0.656. The third-order valence-electron chi connectivity index (χ3n) is 12.3. The van der Waals surface area contributed by atoms with E-state index < -0.39 is 0 Å². The lowest BCUT2D eigenvalue weighted by Crippen LogP contribution is -2.00. The first kappa shape index (κ1) is 35.9. The maximum Gasteiger partial charge on any atom is 0.164 e. The zero-order valence-electron chi connectivity index (χ0n) is 33.7. The third kappa shape index (κ3) is 5.98. The van der Waals surface area contributed by atoms with Gasteiger partial charge in [0.1, 0.15) is 0 Å². The van der Waals surface area contributed by atoms with Gasteiger partial charge < -0.3 is 4.57 Å². The van der Waals surface area contributed by atoms with Crippen LogP contribution in [-0.4, -0.2) is 19.5 Å². The van der Waals surface area contributed by atoms with Crippen LogP contribution in [0.4, 0.5) is 0 Å². The summed E-state index contributed by atoms with van der Waals surface area (Å²) in [6.07, 6.45) is 0. The molecule has 0 amide bonds. The summed E-state index contributed by atoms with van der Waals surface area (Å²) in [5, 5.41) is 7.42. The molecule has 0 bridgehead atoms. The van der Waals surface area contributed by atoms with Gasteiger partial charge in [-0.25, -0.2) is 15.0 Å². The van der Waals surface area contributed by atoms with Crippen LogP contribution < -0.4 is 0 Å². The molecule has 0 fully saturated rings. The zero-order valence-corrected chi connectivity index (χ0v) is 35.4. The fraction of sp³-hybridized carbons (Fsp3) is 0. The van der Waals surface area contributed by atoms with Crippen molar-refractivity contribution in [2.75, 3.05) is 0 Å². The molecule has 0 N–H and O–H groups in total. The van der Waals surface area contributed by atoms with Crippen molar-refractivity contribution in [3.8, 4) is 62.1 Å². The number of fused-ring (bicyclic) bond motifs is 9. The molecule has 4 heterocycles. The molecule has 0 aliphatic carbocycles. The van der Waals surface area contributed by atoms with E-state index in [1.165, 1.54) is 73.5 Å². The number of aromatic nitrogens is 4. The fourth-order valence-electron chi connectivity index (χ4n) is 9.27. The van der Waals surface area contributed by atoms with E-state index in [-0.39, 0.29) is 0 Å². The Morgan fingerprint density at radius 2 is 0.762 bits per heavy atom. The molecule has 0 saturated heterocycles. The van der Waals surface area contributed by atoms with Crippen LogP contribution >= 0.6 is 22.7 Å². The van der Waals surface area contributed by atoms with Crippen LogP contribution in [-0.2, 0) is 0 Å². The van der Waals surface area contributed by atoms with E-state index in [1.54, 1.807) is 0 Å². The Kier molecular flexibility index (Phi) is 8.22. The standard InChI is InChI=1S/C57H34N4S2/c1-4-13-35(14-5-1)55-58-56(36-15-6-2-7-16-36)60-57(59-55)43-20-12-22-53-54(43)47-34-40(26-30-52(47)63-53)38-24-28-49-45(32-38)44-31-37(23-27-48(44)61(49)41-17-8-3-9-18-41)39-25-29-51-46(33-39)42-19-10-11-21-50(42)62-51/h1-34H. The van der Waals surface area contributed by atoms with Crippen molar-refractivity contribution in [3.05, 3.63) is 206 Å². The van der Waals surface area contributed by atoms with E-state index in [9.17, 15) is 0 Å². The third-order valence-corrected chi connectivity index (χ3v) is 14.5. The summed E-state index contributed by atoms with van der Waals surface area (Å²) in [5.74, 6) is 1.97. The van der Waals surface area contributed by atoms with Crippen LogP contribution in [0.3, 0.4) is 0 Å². The van der Waals surface area contributed by atoms with Gasteiger partial charge in [0.25, 0.3) is 0 Å². The molecule has 0 radical (unpaired) electrons. The summed E-state index contributed by atoms with van der Waals surface area (Å²) in [4.78, 5) is 15.3. The van der Waals surface area contributed by atoms with Gasteiger partial charge in [0.05, 0.1) is 11.0 Å². The molecule has 13 rings (SSSR count). The first-order valence-corrected chi connectivity index (χ1v) is 22.7. The average Bonchev–Trinajstić information content (AvgIpc) is 4.03. The minimum Gasteiger partial charge on any atom is -0.309 e. The van der Waals surface area contributed by atoms with Crippen molar-refractivity contribution in [2.24, 2.45) is 0 Å². The van der Waals surface area contributed by atoms with Crippen LogP contribution in [0.25, 0.3) is 124 Å². The Bertz CT molecular complexity index is 3850. The molecule has 0 aliphatic rings.